The normalized spacial score (nSPS) is 10.9. The summed E-state index contributed by atoms with van der Waals surface area (Å²) < 4.78 is 28.8. The SMILES string of the molecule is COc1cc(Cc2cnc(C)nc2N)cc(C)c1OCCCCC(=O)CCCNC(=O)CCCCOc1c(OC)cc(Cc2cnc(N)nc2N)cc1OC. The first-order chi connectivity index (χ1) is 26.5. The van der Waals surface area contributed by atoms with Crippen LogP contribution >= 0.6 is 0 Å². The second kappa shape index (κ2) is 21.1. The van der Waals surface area contributed by atoms with Crippen molar-refractivity contribution in [2.45, 2.75) is 78.1 Å². The van der Waals surface area contributed by atoms with Crippen LogP contribution in [0, 0.1) is 13.8 Å². The molecule has 0 aliphatic carbocycles. The number of ketones is 1. The molecule has 4 rings (SSSR count). The summed E-state index contributed by atoms with van der Waals surface area (Å²) >= 11 is 0. The third kappa shape index (κ3) is 12.9. The van der Waals surface area contributed by atoms with Crippen LogP contribution in [0.4, 0.5) is 17.6 Å². The molecule has 2 heterocycles. The second-order valence-electron chi connectivity index (χ2n) is 13.2. The lowest BCUT2D eigenvalue weighted by atomic mass is 10.0. The summed E-state index contributed by atoms with van der Waals surface area (Å²) in [6.07, 6.45) is 8.97. The minimum absolute atomic E-state index is 0.0536. The van der Waals surface area contributed by atoms with Crippen LogP contribution in [-0.4, -0.2) is 72.7 Å². The van der Waals surface area contributed by atoms with E-state index in [-0.39, 0.29) is 17.6 Å². The number of amides is 1. The number of nitrogens with one attached hydrogen (secondary N) is 1. The number of nitrogens with zero attached hydrogens (tertiary/aromatic N) is 4. The molecule has 15 heteroatoms. The topological polar surface area (TPSA) is 222 Å². The number of unbranched alkanes of at least 4 members (excludes halogenated alkanes) is 2. The van der Waals surface area contributed by atoms with Gasteiger partial charge in [0.2, 0.25) is 17.6 Å². The number of nitrogens with two attached hydrogens (primary N) is 3. The zero-order chi connectivity index (χ0) is 39.7. The quantitative estimate of drug-likeness (QED) is 0.0723. The Bertz CT molecular complexity index is 1880. The Balaban J connectivity index is 1.08. The minimum Gasteiger partial charge on any atom is -0.493 e. The Morgan fingerprint density at radius 2 is 1.18 bits per heavy atom. The number of hydrogen-bond acceptors (Lipinski definition) is 14. The highest BCUT2D eigenvalue weighted by Gasteiger charge is 2.17. The Kier molecular flexibility index (Phi) is 16.1. The van der Waals surface area contributed by atoms with Crippen molar-refractivity contribution in [3.05, 3.63) is 70.3 Å². The van der Waals surface area contributed by atoms with E-state index in [9.17, 15) is 9.59 Å². The van der Waals surface area contributed by atoms with Crippen molar-refractivity contribution in [2.24, 2.45) is 0 Å². The van der Waals surface area contributed by atoms with Crippen molar-refractivity contribution in [3.8, 4) is 28.7 Å². The number of aromatic nitrogens is 4. The van der Waals surface area contributed by atoms with Crippen LogP contribution < -0.4 is 46.2 Å². The summed E-state index contributed by atoms with van der Waals surface area (Å²) in [6, 6.07) is 7.68. The van der Waals surface area contributed by atoms with Crippen LogP contribution in [0.2, 0.25) is 0 Å². The molecule has 2 aromatic heterocycles. The van der Waals surface area contributed by atoms with Gasteiger partial charge < -0.3 is 46.2 Å². The number of carbonyl (C=O) groups excluding carboxylic acids is 2. The van der Waals surface area contributed by atoms with Crippen LogP contribution in [0.3, 0.4) is 0 Å². The minimum atomic E-state index is -0.0536. The molecular weight excluding hydrogens is 704 g/mol. The lowest BCUT2D eigenvalue weighted by Crippen LogP contribution is -2.24. The van der Waals surface area contributed by atoms with E-state index >= 15 is 0 Å². The molecule has 4 aromatic rings. The maximum absolute atomic E-state index is 12.4. The van der Waals surface area contributed by atoms with Gasteiger partial charge in [-0.1, -0.05) is 6.07 Å². The summed E-state index contributed by atoms with van der Waals surface area (Å²) in [5.41, 5.74) is 22.1. The lowest BCUT2D eigenvalue weighted by molar-refractivity contribution is -0.122. The average molecular weight is 759 g/mol. The van der Waals surface area contributed by atoms with Crippen LogP contribution in [0.1, 0.15) is 85.0 Å². The highest BCUT2D eigenvalue weighted by molar-refractivity contribution is 5.78. The Morgan fingerprint density at radius 3 is 1.78 bits per heavy atom. The molecule has 0 fully saturated rings. The van der Waals surface area contributed by atoms with Crippen molar-refractivity contribution in [3.63, 3.8) is 0 Å². The monoisotopic (exact) mass is 758 g/mol. The first kappa shape index (κ1) is 41.9. The van der Waals surface area contributed by atoms with Crippen LogP contribution in [-0.2, 0) is 22.4 Å². The number of rotatable bonds is 23. The number of benzene rings is 2. The molecule has 55 heavy (non-hydrogen) atoms. The smallest absolute Gasteiger partial charge is 0.221 e. The fraction of sp³-hybridized carbons (Fsp3) is 0.450. The zero-order valence-electron chi connectivity index (χ0n) is 32.5. The van der Waals surface area contributed by atoms with Gasteiger partial charge in [0.25, 0.3) is 0 Å². The van der Waals surface area contributed by atoms with Gasteiger partial charge in [-0.3, -0.25) is 9.59 Å². The number of Topliss-reactive ketones (excluding diaryl/α,β-unsaturated/α-hetero) is 1. The number of hydrogen-bond donors (Lipinski definition) is 4. The van der Waals surface area contributed by atoms with E-state index in [2.05, 4.69) is 25.3 Å². The van der Waals surface area contributed by atoms with Crippen molar-refractivity contribution in [1.82, 2.24) is 25.3 Å². The van der Waals surface area contributed by atoms with Crippen LogP contribution in [0.5, 0.6) is 28.7 Å². The van der Waals surface area contributed by atoms with Crippen molar-refractivity contribution >= 4 is 29.3 Å². The highest BCUT2D eigenvalue weighted by atomic mass is 16.5. The van der Waals surface area contributed by atoms with Crippen LogP contribution in [0.25, 0.3) is 0 Å². The van der Waals surface area contributed by atoms with E-state index in [1.807, 2.05) is 31.2 Å². The molecule has 15 nitrogen and oxygen atoms in total. The number of nitrogen functional groups attached to an aromatic ring is 3. The van der Waals surface area contributed by atoms with Gasteiger partial charge >= 0.3 is 0 Å². The van der Waals surface area contributed by atoms with Crippen molar-refractivity contribution in [2.75, 3.05) is 58.3 Å². The van der Waals surface area contributed by atoms with Gasteiger partial charge in [-0.05, 0) is 80.8 Å². The molecule has 1 amide bonds. The predicted molar refractivity (Wildman–Crippen MR) is 211 cm³/mol. The molecule has 0 spiro atoms. The number of ether oxygens (including phenoxy) is 5. The Morgan fingerprint density at radius 1 is 0.655 bits per heavy atom. The van der Waals surface area contributed by atoms with E-state index in [0.29, 0.717) is 117 Å². The second-order valence-corrected chi connectivity index (χ2v) is 13.2. The van der Waals surface area contributed by atoms with Gasteiger partial charge in [0, 0.05) is 62.2 Å². The molecule has 0 aliphatic heterocycles. The van der Waals surface area contributed by atoms with E-state index in [0.717, 1.165) is 40.7 Å². The number of carbonyl (C=O) groups is 2. The summed E-state index contributed by atoms with van der Waals surface area (Å²) in [4.78, 5) is 41.4. The molecule has 296 valence electrons. The molecule has 0 radical (unpaired) electrons. The van der Waals surface area contributed by atoms with Crippen molar-refractivity contribution in [1.29, 1.82) is 0 Å². The third-order valence-electron chi connectivity index (χ3n) is 8.86. The first-order valence-corrected chi connectivity index (χ1v) is 18.4. The molecule has 0 saturated heterocycles. The average Bonchev–Trinajstić information content (AvgIpc) is 3.16. The number of anilines is 3. The van der Waals surface area contributed by atoms with E-state index in [1.54, 1.807) is 40.6 Å². The summed E-state index contributed by atoms with van der Waals surface area (Å²) in [5.74, 6) is 4.49. The summed E-state index contributed by atoms with van der Waals surface area (Å²) in [6.45, 7) is 5.08. The molecule has 0 aliphatic rings. The molecule has 0 saturated carbocycles. The Labute approximate surface area is 322 Å². The first-order valence-electron chi connectivity index (χ1n) is 18.4. The van der Waals surface area contributed by atoms with Gasteiger partial charge in [0.15, 0.2) is 23.0 Å². The van der Waals surface area contributed by atoms with E-state index in [1.165, 1.54) is 0 Å². The van der Waals surface area contributed by atoms with Crippen molar-refractivity contribution < 1.29 is 33.3 Å². The molecule has 0 unspecified atom stereocenters. The molecule has 2 aromatic carbocycles. The highest BCUT2D eigenvalue weighted by Crippen LogP contribution is 2.39. The zero-order valence-corrected chi connectivity index (χ0v) is 32.5. The van der Waals surface area contributed by atoms with Gasteiger partial charge in [-0.15, -0.1) is 0 Å². The largest absolute Gasteiger partial charge is 0.493 e. The van der Waals surface area contributed by atoms with Gasteiger partial charge in [-0.2, -0.15) is 4.98 Å². The lowest BCUT2D eigenvalue weighted by Gasteiger charge is -2.16. The Hall–Kier alpha value is -5.86. The summed E-state index contributed by atoms with van der Waals surface area (Å²) in [7, 11) is 4.73. The van der Waals surface area contributed by atoms with Gasteiger partial charge in [0.05, 0.1) is 34.5 Å². The van der Waals surface area contributed by atoms with Crippen LogP contribution in [0.15, 0.2) is 36.7 Å². The van der Waals surface area contributed by atoms with E-state index in [4.69, 9.17) is 40.9 Å². The third-order valence-corrected chi connectivity index (χ3v) is 8.86. The number of methoxy groups -OCH3 is 3. The molecule has 0 bridgehead atoms. The van der Waals surface area contributed by atoms with Gasteiger partial charge in [-0.25, -0.2) is 15.0 Å². The maximum atomic E-state index is 12.4. The molecular formula is C40H54N8O7. The van der Waals surface area contributed by atoms with E-state index < -0.39 is 0 Å². The standard InChI is InChI=1S/C40H54N8O7/c1-25-17-27(18-29-23-45-26(2)47-38(29)41)20-32(51-3)36(25)54-15-8-6-11-31(49)12-10-14-44-35(50)13-7-9-16-55-37-33(52-4)21-28(22-34(37)53-5)19-30-24-46-40(43)48-39(30)42/h17,20-24H,6-16,18-19H2,1-5H3,(H,44,50)(H2,41,45,47)(H4,42,43,46,48). The molecule has 0 atom stereocenters. The fourth-order valence-corrected chi connectivity index (χ4v) is 5.98. The summed E-state index contributed by atoms with van der Waals surface area (Å²) in [5, 5.41) is 2.91. The van der Waals surface area contributed by atoms with Gasteiger partial charge in [0.1, 0.15) is 23.2 Å². The molecule has 7 N–H and O–H groups in total. The maximum Gasteiger partial charge on any atom is 0.221 e. The number of aryl methyl sites for hydroxylation is 2. The predicted octanol–water partition coefficient (Wildman–Crippen LogP) is 5.10. The fourth-order valence-electron chi connectivity index (χ4n) is 5.98.